The van der Waals surface area contributed by atoms with Gasteiger partial charge in [0.05, 0.1) is 18.5 Å². The van der Waals surface area contributed by atoms with E-state index in [4.69, 9.17) is 4.74 Å². The van der Waals surface area contributed by atoms with Crippen LogP contribution in [0.5, 0.6) is 0 Å². The highest BCUT2D eigenvalue weighted by molar-refractivity contribution is 5.80. The molecule has 0 aliphatic rings. The summed E-state index contributed by atoms with van der Waals surface area (Å²) in [7, 11) is 1.64. The number of aromatic nitrogens is 3. The van der Waals surface area contributed by atoms with Gasteiger partial charge in [0, 0.05) is 31.1 Å². The highest BCUT2D eigenvalue weighted by atomic mass is 16.5. The Bertz CT molecular complexity index is 865. The zero-order valence-electron chi connectivity index (χ0n) is 14.2. The molecule has 0 fully saturated rings. The van der Waals surface area contributed by atoms with E-state index in [2.05, 4.69) is 31.5 Å². The molecule has 3 aromatic rings. The number of rotatable bonds is 6. The lowest BCUT2D eigenvalue weighted by atomic mass is 10.2. The van der Waals surface area contributed by atoms with Crippen LogP contribution in [0.15, 0.2) is 60.0 Å². The molecule has 0 saturated heterocycles. The summed E-state index contributed by atoms with van der Waals surface area (Å²) in [6.45, 7) is 2.45. The van der Waals surface area contributed by atoms with Crippen molar-refractivity contribution in [2.75, 3.05) is 12.5 Å². The topological polar surface area (TPSA) is 72.3 Å². The summed E-state index contributed by atoms with van der Waals surface area (Å²) in [6, 6.07) is 13.7. The van der Waals surface area contributed by atoms with Crippen LogP contribution >= 0.6 is 0 Å². The number of nitrogens with zero attached hydrogens (tertiary/aromatic N) is 4. The third-order valence-corrected chi connectivity index (χ3v) is 3.44. The fourth-order valence-corrected chi connectivity index (χ4v) is 2.33. The van der Waals surface area contributed by atoms with Crippen LogP contribution in [0, 0.1) is 6.92 Å². The van der Waals surface area contributed by atoms with Crippen LogP contribution < -0.4 is 5.43 Å². The van der Waals surface area contributed by atoms with Gasteiger partial charge >= 0.3 is 0 Å². The lowest BCUT2D eigenvalue weighted by Crippen LogP contribution is -2.02. The number of pyridine rings is 1. The standard InChI is InChI=1S/C19H19N5O/c1-14-4-3-5-15(10-14)12-21-24-18-11-17(13-25-2)22-19(23-18)16-6-8-20-9-7-16/h3-12H,13H2,1-2H3,(H,22,23,24)/b21-12+. The van der Waals surface area contributed by atoms with Crippen molar-refractivity contribution in [1.82, 2.24) is 15.0 Å². The van der Waals surface area contributed by atoms with Crippen molar-refractivity contribution in [3.8, 4) is 11.4 Å². The minimum atomic E-state index is 0.400. The molecule has 0 radical (unpaired) electrons. The molecule has 3 rings (SSSR count). The normalized spacial score (nSPS) is 11.0. The van der Waals surface area contributed by atoms with Gasteiger partial charge in [-0.15, -0.1) is 0 Å². The Balaban J connectivity index is 1.83. The lowest BCUT2D eigenvalue weighted by molar-refractivity contribution is 0.181. The highest BCUT2D eigenvalue weighted by Crippen LogP contribution is 2.17. The van der Waals surface area contributed by atoms with Crippen molar-refractivity contribution in [1.29, 1.82) is 0 Å². The molecule has 25 heavy (non-hydrogen) atoms. The van der Waals surface area contributed by atoms with Crippen molar-refractivity contribution in [2.24, 2.45) is 5.10 Å². The van der Waals surface area contributed by atoms with Crippen molar-refractivity contribution < 1.29 is 4.74 Å². The number of hydrogen-bond acceptors (Lipinski definition) is 6. The molecule has 0 spiro atoms. The maximum atomic E-state index is 5.19. The Morgan fingerprint density at radius 3 is 2.72 bits per heavy atom. The number of methoxy groups -OCH3 is 1. The van der Waals surface area contributed by atoms with Gasteiger partial charge in [-0.3, -0.25) is 10.4 Å². The van der Waals surface area contributed by atoms with E-state index in [0.29, 0.717) is 18.2 Å². The second-order valence-electron chi connectivity index (χ2n) is 5.52. The summed E-state index contributed by atoms with van der Waals surface area (Å²) < 4.78 is 5.19. The zero-order valence-corrected chi connectivity index (χ0v) is 14.2. The van der Waals surface area contributed by atoms with Crippen LogP contribution in [0.25, 0.3) is 11.4 Å². The molecule has 2 aromatic heterocycles. The molecular weight excluding hydrogens is 314 g/mol. The monoisotopic (exact) mass is 333 g/mol. The zero-order chi connectivity index (χ0) is 17.5. The maximum absolute atomic E-state index is 5.19. The number of anilines is 1. The van der Waals surface area contributed by atoms with Gasteiger partial charge in [-0.25, -0.2) is 9.97 Å². The van der Waals surface area contributed by atoms with E-state index in [1.165, 1.54) is 5.56 Å². The molecule has 0 unspecified atom stereocenters. The first-order chi connectivity index (χ1) is 12.2. The molecule has 2 heterocycles. The predicted octanol–water partition coefficient (Wildman–Crippen LogP) is 3.44. The summed E-state index contributed by atoms with van der Waals surface area (Å²) in [5.74, 6) is 1.21. The maximum Gasteiger partial charge on any atom is 0.162 e. The number of hydrogen-bond donors (Lipinski definition) is 1. The Morgan fingerprint density at radius 1 is 1.12 bits per heavy atom. The lowest BCUT2D eigenvalue weighted by Gasteiger charge is -2.07. The van der Waals surface area contributed by atoms with Gasteiger partial charge < -0.3 is 4.74 Å². The molecule has 0 aliphatic carbocycles. The smallest absolute Gasteiger partial charge is 0.162 e. The van der Waals surface area contributed by atoms with Crippen molar-refractivity contribution >= 4 is 12.0 Å². The molecular formula is C19H19N5O. The van der Waals surface area contributed by atoms with E-state index in [1.54, 1.807) is 25.7 Å². The Labute approximate surface area is 146 Å². The SMILES string of the molecule is COCc1cc(N/N=C/c2cccc(C)c2)nc(-c2ccncc2)n1. The largest absolute Gasteiger partial charge is 0.378 e. The minimum absolute atomic E-state index is 0.400. The number of hydrazone groups is 1. The van der Waals surface area contributed by atoms with Gasteiger partial charge in [0.2, 0.25) is 0 Å². The van der Waals surface area contributed by atoms with Crippen LogP contribution in [0.2, 0.25) is 0 Å². The van der Waals surface area contributed by atoms with Crippen molar-refractivity contribution in [2.45, 2.75) is 13.5 Å². The van der Waals surface area contributed by atoms with Crippen molar-refractivity contribution in [3.63, 3.8) is 0 Å². The molecule has 1 aromatic carbocycles. The van der Waals surface area contributed by atoms with Gasteiger partial charge in [0.1, 0.15) is 0 Å². The van der Waals surface area contributed by atoms with Gasteiger partial charge in [0.25, 0.3) is 0 Å². The fraction of sp³-hybridized carbons (Fsp3) is 0.158. The number of benzene rings is 1. The molecule has 0 aliphatic heterocycles. The summed E-state index contributed by atoms with van der Waals surface area (Å²) in [4.78, 5) is 13.1. The average Bonchev–Trinajstić information content (AvgIpc) is 2.63. The van der Waals surface area contributed by atoms with E-state index in [0.717, 1.165) is 16.8 Å². The average molecular weight is 333 g/mol. The third-order valence-electron chi connectivity index (χ3n) is 3.44. The summed E-state index contributed by atoms with van der Waals surface area (Å²) in [5.41, 5.74) is 6.84. The number of nitrogens with one attached hydrogen (secondary N) is 1. The molecule has 0 bridgehead atoms. The van der Waals surface area contributed by atoms with Crippen molar-refractivity contribution in [3.05, 3.63) is 71.7 Å². The van der Waals surface area contributed by atoms with Gasteiger partial charge in [-0.05, 0) is 24.6 Å². The van der Waals surface area contributed by atoms with Crippen LogP contribution in [-0.4, -0.2) is 28.3 Å². The minimum Gasteiger partial charge on any atom is -0.378 e. The van der Waals surface area contributed by atoms with E-state index in [-0.39, 0.29) is 0 Å². The first-order valence-corrected chi connectivity index (χ1v) is 7.87. The van der Waals surface area contributed by atoms with Gasteiger partial charge in [-0.1, -0.05) is 29.8 Å². The summed E-state index contributed by atoms with van der Waals surface area (Å²) in [5, 5.41) is 4.27. The molecule has 0 atom stereocenters. The van der Waals surface area contributed by atoms with Crippen LogP contribution in [0.1, 0.15) is 16.8 Å². The molecule has 126 valence electrons. The van der Waals surface area contributed by atoms with Crippen LogP contribution in [0.4, 0.5) is 5.82 Å². The Morgan fingerprint density at radius 2 is 1.96 bits per heavy atom. The molecule has 6 nitrogen and oxygen atoms in total. The van der Waals surface area contributed by atoms with Crippen LogP contribution in [0.3, 0.4) is 0 Å². The molecule has 0 saturated carbocycles. The molecule has 6 heteroatoms. The number of ether oxygens (including phenoxy) is 1. The van der Waals surface area contributed by atoms with E-state index < -0.39 is 0 Å². The third kappa shape index (κ3) is 4.68. The second kappa shape index (κ2) is 8.12. The highest BCUT2D eigenvalue weighted by Gasteiger charge is 2.06. The Hall–Kier alpha value is -3.12. The van der Waals surface area contributed by atoms with E-state index >= 15 is 0 Å². The first-order valence-electron chi connectivity index (χ1n) is 7.87. The number of aryl methyl sites for hydroxylation is 1. The van der Waals surface area contributed by atoms with E-state index in [9.17, 15) is 0 Å². The van der Waals surface area contributed by atoms with Gasteiger partial charge in [-0.2, -0.15) is 5.10 Å². The fourth-order valence-electron chi connectivity index (χ4n) is 2.33. The summed E-state index contributed by atoms with van der Waals surface area (Å²) in [6.07, 6.45) is 5.19. The molecule has 1 N–H and O–H groups in total. The van der Waals surface area contributed by atoms with Crippen LogP contribution in [-0.2, 0) is 11.3 Å². The van der Waals surface area contributed by atoms with Gasteiger partial charge in [0.15, 0.2) is 11.6 Å². The van der Waals surface area contributed by atoms with E-state index in [1.807, 2.05) is 43.3 Å². The quantitative estimate of drug-likeness (QED) is 0.552. The summed E-state index contributed by atoms with van der Waals surface area (Å²) >= 11 is 0. The second-order valence-corrected chi connectivity index (χ2v) is 5.52. The predicted molar refractivity (Wildman–Crippen MR) is 98.4 cm³/mol. The Kier molecular flexibility index (Phi) is 5.43. The first kappa shape index (κ1) is 16.7. The molecule has 0 amide bonds.